The van der Waals surface area contributed by atoms with Crippen molar-refractivity contribution in [1.29, 1.82) is 0 Å². The summed E-state index contributed by atoms with van der Waals surface area (Å²) in [4.78, 5) is 0. The van der Waals surface area contributed by atoms with Crippen LogP contribution >= 0.6 is 0 Å². The number of fused-ring (bicyclic) bond motifs is 1. The van der Waals surface area contributed by atoms with E-state index in [1.54, 1.807) is 18.2 Å². The molecule has 5 heteroatoms. The average molecular weight is 240 g/mol. The molecule has 3 rings (SSSR count). The highest BCUT2D eigenvalue weighted by atomic mass is 16.3. The summed E-state index contributed by atoms with van der Waals surface area (Å²) in [5.41, 5.74) is 8.07. The molecule has 0 saturated carbocycles. The molecule has 0 bridgehead atoms. The van der Waals surface area contributed by atoms with Gasteiger partial charge in [-0.15, -0.1) is 10.2 Å². The van der Waals surface area contributed by atoms with Crippen molar-refractivity contribution in [2.45, 2.75) is 6.42 Å². The fourth-order valence-electron chi connectivity index (χ4n) is 1.93. The van der Waals surface area contributed by atoms with Gasteiger partial charge in [0.2, 0.25) is 0 Å². The van der Waals surface area contributed by atoms with Crippen molar-refractivity contribution in [3.8, 4) is 5.75 Å². The standard InChI is InChI=1S/C13H12N4O/c14-10-4-5-17-12(15-16-13(17)8-10)7-9-2-1-3-11(18)6-9/h1-6,8,18H,7,14H2. The second-order valence-corrected chi connectivity index (χ2v) is 4.15. The van der Waals surface area contributed by atoms with Gasteiger partial charge in [-0.05, 0) is 23.8 Å². The third-order valence-electron chi connectivity index (χ3n) is 2.78. The van der Waals surface area contributed by atoms with Crippen molar-refractivity contribution in [3.05, 3.63) is 54.0 Å². The molecule has 0 spiro atoms. The zero-order chi connectivity index (χ0) is 12.5. The summed E-state index contributed by atoms with van der Waals surface area (Å²) in [6, 6.07) is 10.7. The van der Waals surface area contributed by atoms with Crippen LogP contribution < -0.4 is 5.73 Å². The molecule has 18 heavy (non-hydrogen) atoms. The van der Waals surface area contributed by atoms with Crippen LogP contribution in [0.15, 0.2) is 42.6 Å². The fraction of sp³-hybridized carbons (Fsp3) is 0.0769. The topological polar surface area (TPSA) is 76.4 Å². The smallest absolute Gasteiger partial charge is 0.162 e. The number of rotatable bonds is 2. The first-order chi connectivity index (χ1) is 8.72. The minimum absolute atomic E-state index is 0.255. The van der Waals surface area contributed by atoms with E-state index in [2.05, 4.69) is 10.2 Å². The predicted octanol–water partition coefficient (Wildman–Crippen LogP) is 1.61. The molecule has 0 saturated heterocycles. The molecule has 0 unspecified atom stereocenters. The van der Waals surface area contributed by atoms with Crippen LogP contribution in [0.25, 0.3) is 5.65 Å². The first-order valence-electron chi connectivity index (χ1n) is 5.59. The lowest BCUT2D eigenvalue weighted by Gasteiger charge is -2.01. The minimum Gasteiger partial charge on any atom is -0.508 e. The molecule has 0 atom stereocenters. The maximum Gasteiger partial charge on any atom is 0.162 e. The van der Waals surface area contributed by atoms with Crippen LogP contribution in [0.1, 0.15) is 11.4 Å². The van der Waals surface area contributed by atoms with Crippen LogP contribution in [-0.4, -0.2) is 19.7 Å². The van der Waals surface area contributed by atoms with Gasteiger partial charge in [-0.3, -0.25) is 4.40 Å². The van der Waals surface area contributed by atoms with Crippen LogP contribution in [0.4, 0.5) is 5.69 Å². The molecule has 0 aliphatic rings. The number of aromatic nitrogens is 3. The Balaban J connectivity index is 2.00. The van der Waals surface area contributed by atoms with Crippen molar-refractivity contribution in [3.63, 3.8) is 0 Å². The number of benzene rings is 1. The Bertz CT molecular complexity index is 705. The van der Waals surface area contributed by atoms with Crippen molar-refractivity contribution < 1.29 is 5.11 Å². The first kappa shape index (κ1) is 10.6. The van der Waals surface area contributed by atoms with E-state index in [1.165, 1.54) is 0 Å². The Hall–Kier alpha value is -2.56. The SMILES string of the molecule is Nc1ccn2c(Cc3cccc(O)c3)nnc2c1. The summed E-state index contributed by atoms with van der Waals surface area (Å²) >= 11 is 0. The Morgan fingerprint density at radius 2 is 2.06 bits per heavy atom. The lowest BCUT2D eigenvalue weighted by molar-refractivity contribution is 0.474. The first-order valence-corrected chi connectivity index (χ1v) is 5.59. The minimum atomic E-state index is 0.255. The summed E-state index contributed by atoms with van der Waals surface area (Å²) in [7, 11) is 0. The largest absolute Gasteiger partial charge is 0.508 e. The zero-order valence-corrected chi connectivity index (χ0v) is 9.61. The van der Waals surface area contributed by atoms with Gasteiger partial charge >= 0.3 is 0 Å². The molecule has 5 nitrogen and oxygen atoms in total. The number of nitrogens with zero attached hydrogens (tertiary/aromatic N) is 3. The van der Waals surface area contributed by atoms with Crippen LogP contribution in [0.3, 0.4) is 0 Å². The molecule has 3 aromatic rings. The van der Waals surface area contributed by atoms with E-state index in [9.17, 15) is 5.11 Å². The second kappa shape index (κ2) is 4.03. The molecule has 0 aliphatic heterocycles. The Labute approximate surface area is 104 Å². The average Bonchev–Trinajstić information content (AvgIpc) is 2.72. The highest BCUT2D eigenvalue weighted by Crippen LogP contribution is 2.15. The van der Waals surface area contributed by atoms with E-state index in [4.69, 9.17) is 5.73 Å². The Morgan fingerprint density at radius 3 is 2.89 bits per heavy atom. The maximum atomic E-state index is 9.43. The molecule has 0 fully saturated rings. The summed E-state index contributed by atoms with van der Waals surface area (Å²) in [6.07, 6.45) is 2.46. The molecule has 1 aromatic carbocycles. The summed E-state index contributed by atoms with van der Waals surface area (Å²) in [6.45, 7) is 0. The van der Waals surface area contributed by atoms with Gasteiger partial charge in [0, 0.05) is 24.4 Å². The van der Waals surface area contributed by atoms with Gasteiger partial charge in [0.1, 0.15) is 11.6 Å². The molecule has 90 valence electrons. The van der Waals surface area contributed by atoms with E-state index >= 15 is 0 Å². The molecule has 0 aliphatic carbocycles. The molecular formula is C13H12N4O. The highest BCUT2D eigenvalue weighted by Gasteiger charge is 2.06. The molecule has 0 radical (unpaired) electrons. The number of pyridine rings is 1. The summed E-state index contributed by atoms with van der Waals surface area (Å²) in [5, 5.41) is 17.6. The molecular weight excluding hydrogens is 228 g/mol. The predicted molar refractivity (Wildman–Crippen MR) is 68.3 cm³/mol. The van der Waals surface area contributed by atoms with Crippen LogP contribution in [-0.2, 0) is 6.42 Å². The van der Waals surface area contributed by atoms with Crippen molar-refractivity contribution in [1.82, 2.24) is 14.6 Å². The third kappa shape index (κ3) is 1.86. The van der Waals surface area contributed by atoms with Gasteiger partial charge in [-0.1, -0.05) is 12.1 Å². The van der Waals surface area contributed by atoms with E-state index < -0.39 is 0 Å². The third-order valence-corrected chi connectivity index (χ3v) is 2.78. The van der Waals surface area contributed by atoms with Crippen LogP contribution in [0, 0.1) is 0 Å². The fourth-order valence-corrected chi connectivity index (χ4v) is 1.93. The number of nitrogens with two attached hydrogens (primary N) is 1. The number of hydrogen-bond donors (Lipinski definition) is 2. The monoisotopic (exact) mass is 240 g/mol. The number of phenolic OH excluding ortho intramolecular Hbond substituents is 1. The maximum absolute atomic E-state index is 9.43. The number of phenols is 1. The summed E-state index contributed by atoms with van der Waals surface area (Å²) < 4.78 is 1.89. The van der Waals surface area contributed by atoms with E-state index in [-0.39, 0.29) is 5.75 Å². The van der Waals surface area contributed by atoms with Gasteiger partial charge < -0.3 is 10.8 Å². The van der Waals surface area contributed by atoms with E-state index in [0.717, 1.165) is 17.0 Å². The highest BCUT2D eigenvalue weighted by molar-refractivity contribution is 5.51. The molecule has 0 amide bonds. The van der Waals surface area contributed by atoms with Crippen LogP contribution in [0.5, 0.6) is 5.75 Å². The molecule has 2 heterocycles. The summed E-state index contributed by atoms with van der Waals surface area (Å²) in [5.74, 6) is 1.07. The van der Waals surface area contributed by atoms with E-state index in [0.29, 0.717) is 12.1 Å². The van der Waals surface area contributed by atoms with Crippen LogP contribution in [0.2, 0.25) is 0 Å². The molecule has 2 aromatic heterocycles. The lowest BCUT2D eigenvalue weighted by Crippen LogP contribution is -1.96. The normalized spacial score (nSPS) is 10.9. The zero-order valence-electron chi connectivity index (χ0n) is 9.61. The second-order valence-electron chi connectivity index (χ2n) is 4.15. The Morgan fingerprint density at radius 1 is 1.17 bits per heavy atom. The van der Waals surface area contributed by atoms with Gasteiger partial charge in [-0.2, -0.15) is 0 Å². The van der Waals surface area contributed by atoms with Gasteiger partial charge in [0.25, 0.3) is 0 Å². The number of aromatic hydroxyl groups is 1. The van der Waals surface area contributed by atoms with Crippen molar-refractivity contribution >= 4 is 11.3 Å². The number of nitrogen functional groups attached to an aromatic ring is 1. The van der Waals surface area contributed by atoms with Crippen molar-refractivity contribution in [2.24, 2.45) is 0 Å². The Kier molecular flexibility index (Phi) is 2.37. The van der Waals surface area contributed by atoms with Gasteiger partial charge in [0.15, 0.2) is 5.65 Å². The number of hydrogen-bond acceptors (Lipinski definition) is 4. The lowest BCUT2D eigenvalue weighted by atomic mass is 10.1. The number of anilines is 1. The van der Waals surface area contributed by atoms with Gasteiger partial charge in [-0.25, -0.2) is 0 Å². The quantitative estimate of drug-likeness (QED) is 0.713. The van der Waals surface area contributed by atoms with E-state index in [1.807, 2.05) is 28.8 Å². The molecule has 3 N–H and O–H groups in total. The van der Waals surface area contributed by atoms with Gasteiger partial charge in [0.05, 0.1) is 0 Å². The van der Waals surface area contributed by atoms with Crippen molar-refractivity contribution in [2.75, 3.05) is 5.73 Å².